The van der Waals surface area contributed by atoms with Gasteiger partial charge in [-0.15, -0.1) is 0 Å². The molecule has 34 heavy (non-hydrogen) atoms. The lowest BCUT2D eigenvalue weighted by molar-refractivity contribution is -0.142. The number of H-pyrrole nitrogens is 1. The highest BCUT2D eigenvalue weighted by molar-refractivity contribution is 5.90. The van der Waals surface area contributed by atoms with Crippen LogP contribution in [0.5, 0.6) is 5.75 Å². The van der Waals surface area contributed by atoms with E-state index in [0.29, 0.717) is 49.9 Å². The van der Waals surface area contributed by atoms with Gasteiger partial charge in [-0.2, -0.15) is 0 Å². The molecule has 1 aliphatic heterocycles. The van der Waals surface area contributed by atoms with Gasteiger partial charge in [-0.1, -0.05) is 19.9 Å². The number of hydrogen-bond acceptors (Lipinski definition) is 6. The first-order valence-electron chi connectivity index (χ1n) is 11.7. The number of aliphatic hydroxyl groups excluding tert-OH is 1. The normalized spacial score (nSPS) is 24.8. The molecular weight excluding hydrogens is 438 g/mol. The van der Waals surface area contributed by atoms with Crippen LogP contribution in [-0.2, 0) is 9.53 Å². The zero-order valence-electron chi connectivity index (χ0n) is 19.8. The first kappa shape index (κ1) is 24.0. The van der Waals surface area contributed by atoms with Crippen molar-refractivity contribution >= 4 is 17.6 Å². The van der Waals surface area contributed by atoms with Crippen molar-refractivity contribution in [3.8, 4) is 5.75 Å². The number of rotatable bonds is 6. The molecule has 1 aromatic heterocycles. The Balaban J connectivity index is 1.53. The van der Waals surface area contributed by atoms with Gasteiger partial charge in [0.15, 0.2) is 0 Å². The van der Waals surface area contributed by atoms with Crippen LogP contribution in [0.2, 0.25) is 0 Å². The first-order valence-corrected chi connectivity index (χ1v) is 11.7. The maximum absolute atomic E-state index is 13.2. The lowest BCUT2D eigenvalue weighted by Gasteiger charge is -2.30. The van der Waals surface area contributed by atoms with Crippen LogP contribution in [0, 0.1) is 5.92 Å². The van der Waals surface area contributed by atoms with Gasteiger partial charge >= 0.3 is 6.03 Å². The summed E-state index contributed by atoms with van der Waals surface area (Å²) in [6, 6.07) is 6.17. The summed E-state index contributed by atoms with van der Waals surface area (Å²) in [6.07, 6.45) is 1.06. The fourth-order valence-electron chi connectivity index (χ4n) is 4.71. The van der Waals surface area contributed by atoms with Gasteiger partial charge in [0.05, 0.1) is 32.3 Å². The standard InChI is InChI=1S/C24H33N5O5/c1-14(2)22-25-13-19(27-22)20-18(28-24(32)26-15-5-4-6-16(11-15)33-3)12-17(21(20)30)23(31)29-7-9-34-10-8-29/h4-6,11,13-14,17-18,20-21,30H,7-10,12H2,1-3H3,(H,25,27)(H2,26,28,32)/t17-,18+,20+,21+/m0/s1. The summed E-state index contributed by atoms with van der Waals surface area (Å²) in [5.74, 6) is 0.372. The minimum atomic E-state index is -0.960. The lowest BCUT2D eigenvalue weighted by atomic mass is 9.95. The van der Waals surface area contributed by atoms with E-state index in [1.165, 1.54) is 0 Å². The van der Waals surface area contributed by atoms with Crippen LogP contribution < -0.4 is 15.4 Å². The molecule has 4 N–H and O–H groups in total. The SMILES string of the molecule is COc1cccc(NC(=O)N[C@@H]2C[C@H](C(=O)N3CCOCC3)[C@@H](O)[C@H]2c2cnc(C(C)C)[nH]2)c1. The molecule has 4 rings (SSSR count). The van der Waals surface area contributed by atoms with Crippen LogP contribution in [-0.4, -0.2) is 77.5 Å². The van der Waals surface area contributed by atoms with E-state index < -0.39 is 30.0 Å². The quantitative estimate of drug-likeness (QED) is 0.510. The second-order valence-corrected chi connectivity index (χ2v) is 9.11. The molecule has 184 valence electrons. The monoisotopic (exact) mass is 471 g/mol. The first-order chi connectivity index (χ1) is 16.4. The van der Waals surface area contributed by atoms with Crippen LogP contribution in [0.25, 0.3) is 0 Å². The van der Waals surface area contributed by atoms with Crippen molar-refractivity contribution < 1.29 is 24.2 Å². The number of ether oxygens (including phenoxy) is 2. The third kappa shape index (κ3) is 5.18. The molecule has 1 aromatic carbocycles. The number of morpholine rings is 1. The summed E-state index contributed by atoms with van der Waals surface area (Å²) in [5.41, 5.74) is 1.29. The Kier molecular flexibility index (Phi) is 7.38. The van der Waals surface area contributed by atoms with Crippen LogP contribution >= 0.6 is 0 Å². The highest BCUT2D eigenvalue weighted by atomic mass is 16.5. The topological polar surface area (TPSA) is 129 Å². The van der Waals surface area contributed by atoms with E-state index in [4.69, 9.17) is 9.47 Å². The van der Waals surface area contributed by atoms with Gasteiger partial charge in [0.25, 0.3) is 0 Å². The number of aliphatic hydroxyl groups is 1. The van der Waals surface area contributed by atoms with E-state index >= 15 is 0 Å². The molecule has 2 heterocycles. The molecular formula is C24H33N5O5. The van der Waals surface area contributed by atoms with Gasteiger partial charge in [-0.05, 0) is 18.6 Å². The lowest BCUT2D eigenvalue weighted by Crippen LogP contribution is -2.45. The molecule has 10 heteroatoms. The maximum Gasteiger partial charge on any atom is 0.319 e. The van der Waals surface area contributed by atoms with Crippen molar-refractivity contribution in [2.75, 3.05) is 38.7 Å². The van der Waals surface area contributed by atoms with Crippen molar-refractivity contribution in [3.63, 3.8) is 0 Å². The van der Waals surface area contributed by atoms with Crippen molar-refractivity contribution in [1.29, 1.82) is 0 Å². The Morgan fingerprint density at radius 3 is 2.74 bits per heavy atom. The molecule has 0 unspecified atom stereocenters. The number of imidazole rings is 1. The average Bonchev–Trinajstić information content (AvgIpc) is 3.44. The van der Waals surface area contributed by atoms with E-state index in [1.54, 1.807) is 42.5 Å². The van der Waals surface area contributed by atoms with Gasteiger partial charge < -0.3 is 35.1 Å². The molecule has 4 atom stereocenters. The zero-order chi connectivity index (χ0) is 24.2. The highest BCUT2D eigenvalue weighted by Crippen LogP contribution is 2.40. The number of methoxy groups -OCH3 is 1. The van der Waals surface area contributed by atoms with Crippen LogP contribution in [0.15, 0.2) is 30.5 Å². The molecule has 2 aromatic rings. The van der Waals surface area contributed by atoms with Crippen LogP contribution in [0.1, 0.15) is 43.6 Å². The third-order valence-electron chi connectivity index (χ3n) is 6.53. The largest absolute Gasteiger partial charge is 0.497 e. The Morgan fingerprint density at radius 2 is 2.06 bits per heavy atom. The Labute approximate surface area is 199 Å². The maximum atomic E-state index is 13.2. The minimum Gasteiger partial charge on any atom is -0.497 e. The summed E-state index contributed by atoms with van der Waals surface area (Å²) in [6.45, 7) is 6.03. The number of nitrogens with zero attached hydrogens (tertiary/aromatic N) is 2. The summed E-state index contributed by atoms with van der Waals surface area (Å²) in [5, 5.41) is 17.1. The second-order valence-electron chi connectivity index (χ2n) is 9.11. The van der Waals surface area contributed by atoms with Gasteiger partial charge in [0.2, 0.25) is 5.91 Å². The second kappa shape index (κ2) is 10.4. The van der Waals surface area contributed by atoms with Crippen LogP contribution in [0.3, 0.4) is 0 Å². The average molecular weight is 472 g/mol. The molecule has 10 nitrogen and oxygen atoms in total. The summed E-state index contributed by atoms with van der Waals surface area (Å²) in [7, 11) is 1.56. The van der Waals surface area contributed by atoms with E-state index in [0.717, 1.165) is 5.82 Å². The van der Waals surface area contributed by atoms with E-state index in [-0.39, 0.29) is 11.8 Å². The highest BCUT2D eigenvalue weighted by Gasteiger charge is 2.49. The fourth-order valence-corrected chi connectivity index (χ4v) is 4.71. The number of nitrogens with one attached hydrogen (secondary N) is 3. The van der Waals surface area contributed by atoms with Gasteiger partial charge in [0, 0.05) is 54.6 Å². The number of aromatic amines is 1. The Hall–Kier alpha value is -3.11. The third-order valence-corrected chi connectivity index (χ3v) is 6.53. The predicted octanol–water partition coefficient (Wildman–Crippen LogP) is 2.06. The van der Waals surface area contributed by atoms with Crippen molar-refractivity contribution in [1.82, 2.24) is 20.2 Å². The number of aromatic nitrogens is 2. The smallest absolute Gasteiger partial charge is 0.319 e. The number of carbonyl (C=O) groups excluding carboxylic acids is 2. The van der Waals surface area contributed by atoms with E-state index in [1.807, 2.05) is 13.8 Å². The molecule has 2 fully saturated rings. The molecule has 0 spiro atoms. The Bertz CT molecular complexity index is 1000. The molecule has 1 aliphatic carbocycles. The van der Waals surface area contributed by atoms with Gasteiger partial charge in [0.1, 0.15) is 11.6 Å². The van der Waals surface area contributed by atoms with Crippen molar-refractivity contribution in [2.45, 2.75) is 44.2 Å². The Morgan fingerprint density at radius 1 is 1.29 bits per heavy atom. The number of hydrogen-bond donors (Lipinski definition) is 4. The van der Waals surface area contributed by atoms with Gasteiger partial charge in [-0.3, -0.25) is 4.79 Å². The molecule has 2 aliphatic rings. The summed E-state index contributed by atoms with van der Waals surface area (Å²) < 4.78 is 10.6. The molecule has 3 amide bonds. The molecule has 1 saturated carbocycles. The number of amides is 3. The number of anilines is 1. The summed E-state index contributed by atoms with van der Waals surface area (Å²) >= 11 is 0. The van der Waals surface area contributed by atoms with E-state index in [2.05, 4.69) is 20.6 Å². The van der Waals surface area contributed by atoms with Crippen LogP contribution in [0.4, 0.5) is 10.5 Å². The van der Waals surface area contributed by atoms with Crippen molar-refractivity contribution in [3.05, 3.63) is 42.0 Å². The molecule has 0 bridgehead atoms. The van der Waals surface area contributed by atoms with Gasteiger partial charge in [-0.25, -0.2) is 9.78 Å². The molecule has 0 radical (unpaired) electrons. The summed E-state index contributed by atoms with van der Waals surface area (Å²) in [4.78, 5) is 35.6. The fraction of sp³-hybridized carbons (Fsp3) is 0.542. The minimum absolute atomic E-state index is 0.109. The van der Waals surface area contributed by atoms with Crippen molar-refractivity contribution in [2.24, 2.45) is 5.92 Å². The number of benzene rings is 1. The van der Waals surface area contributed by atoms with E-state index in [9.17, 15) is 14.7 Å². The zero-order valence-corrected chi connectivity index (χ0v) is 19.8. The number of carbonyl (C=O) groups is 2. The predicted molar refractivity (Wildman–Crippen MR) is 126 cm³/mol. The molecule has 1 saturated heterocycles. The number of urea groups is 1.